The van der Waals surface area contributed by atoms with Gasteiger partial charge in [-0.3, -0.25) is 0 Å². The van der Waals surface area contributed by atoms with Gasteiger partial charge in [-0.1, -0.05) is 0 Å². The molecule has 1 aromatic rings. The summed E-state index contributed by atoms with van der Waals surface area (Å²) in [6.07, 6.45) is 1.63. The topological polar surface area (TPSA) is 43.4 Å². The molecule has 17 heavy (non-hydrogen) atoms. The molecule has 5 heteroatoms. The molecule has 98 valence electrons. The molecule has 4 nitrogen and oxygen atoms in total. The summed E-state index contributed by atoms with van der Waals surface area (Å²) in [7, 11) is 0. The fourth-order valence-corrected chi connectivity index (χ4v) is 2.22. The zero-order valence-electron chi connectivity index (χ0n) is 11.0. The second-order valence-corrected chi connectivity index (χ2v) is 5.08. The number of thiazole rings is 1. The van der Waals surface area contributed by atoms with Crippen molar-refractivity contribution < 1.29 is 9.47 Å². The third-order valence-electron chi connectivity index (χ3n) is 2.38. The van der Waals surface area contributed by atoms with E-state index in [9.17, 15) is 0 Å². The molecule has 1 aromatic heterocycles. The summed E-state index contributed by atoms with van der Waals surface area (Å²) in [5.41, 5.74) is -0.152. The highest BCUT2D eigenvalue weighted by Crippen LogP contribution is 2.21. The minimum Gasteiger partial charge on any atom is -0.352 e. The molecule has 0 saturated heterocycles. The van der Waals surface area contributed by atoms with Gasteiger partial charge in [0.2, 0.25) is 0 Å². The van der Waals surface area contributed by atoms with Crippen molar-refractivity contribution in [2.75, 3.05) is 19.8 Å². The predicted molar refractivity (Wildman–Crippen MR) is 70.2 cm³/mol. The Morgan fingerprint density at radius 3 is 2.47 bits per heavy atom. The highest BCUT2D eigenvalue weighted by molar-refractivity contribution is 7.09. The highest BCUT2D eigenvalue weighted by Gasteiger charge is 2.24. The van der Waals surface area contributed by atoms with Crippen molar-refractivity contribution in [3.63, 3.8) is 0 Å². The first-order valence-electron chi connectivity index (χ1n) is 5.98. The average molecular weight is 258 g/mol. The summed E-state index contributed by atoms with van der Waals surface area (Å²) >= 11 is 1.65. The van der Waals surface area contributed by atoms with Gasteiger partial charge >= 0.3 is 0 Å². The third-order valence-corrected chi connectivity index (χ3v) is 3.48. The van der Waals surface area contributed by atoms with E-state index < -0.39 is 0 Å². The van der Waals surface area contributed by atoms with Crippen LogP contribution >= 0.6 is 11.3 Å². The van der Waals surface area contributed by atoms with E-state index in [-0.39, 0.29) is 11.8 Å². The van der Waals surface area contributed by atoms with Crippen LogP contribution in [0.25, 0.3) is 0 Å². The van der Waals surface area contributed by atoms with Crippen LogP contribution in [-0.2, 0) is 15.0 Å². The fourth-order valence-electron chi connectivity index (χ4n) is 1.48. The van der Waals surface area contributed by atoms with Crippen LogP contribution in [0.3, 0.4) is 0 Å². The lowest BCUT2D eigenvalue weighted by Gasteiger charge is -2.27. The summed E-state index contributed by atoms with van der Waals surface area (Å²) in [6, 6.07) is 0. The van der Waals surface area contributed by atoms with Gasteiger partial charge in [0.25, 0.3) is 0 Å². The maximum atomic E-state index is 5.49. The number of nitrogens with one attached hydrogen (secondary N) is 1. The average Bonchev–Trinajstić information content (AvgIpc) is 2.81. The Morgan fingerprint density at radius 2 is 2.00 bits per heavy atom. The van der Waals surface area contributed by atoms with Crippen LogP contribution in [0.1, 0.15) is 32.7 Å². The number of hydrogen-bond acceptors (Lipinski definition) is 5. The molecule has 0 aliphatic heterocycles. The lowest BCUT2D eigenvalue weighted by atomic mass is 10.1. The molecule has 0 atom stereocenters. The van der Waals surface area contributed by atoms with E-state index in [0.29, 0.717) is 19.8 Å². The number of rotatable bonds is 8. The lowest BCUT2D eigenvalue weighted by molar-refractivity contribution is -0.135. The van der Waals surface area contributed by atoms with Gasteiger partial charge in [0.15, 0.2) is 6.29 Å². The molecule has 0 aromatic carbocycles. The molecule has 0 saturated carbocycles. The largest absolute Gasteiger partial charge is 0.352 e. The van der Waals surface area contributed by atoms with Crippen molar-refractivity contribution in [2.24, 2.45) is 0 Å². The molecule has 0 bridgehead atoms. The van der Waals surface area contributed by atoms with Crippen molar-refractivity contribution in [3.8, 4) is 0 Å². The van der Waals surface area contributed by atoms with Gasteiger partial charge in [-0.2, -0.15) is 0 Å². The van der Waals surface area contributed by atoms with E-state index in [1.807, 2.05) is 25.4 Å². The Bertz CT molecular complexity index is 295. The van der Waals surface area contributed by atoms with Crippen LogP contribution in [0.2, 0.25) is 0 Å². The van der Waals surface area contributed by atoms with Gasteiger partial charge in [0.05, 0.1) is 5.54 Å². The second-order valence-electron chi connectivity index (χ2n) is 4.18. The Kier molecular flexibility index (Phi) is 6.05. The summed E-state index contributed by atoms with van der Waals surface area (Å²) < 4.78 is 11.0. The molecule has 1 rings (SSSR count). The number of nitrogens with zero attached hydrogens (tertiary/aromatic N) is 1. The molecule has 1 N–H and O–H groups in total. The van der Waals surface area contributed by atoms with E-state index >= 15 is 0 Å². The first-order valence-corrected chi connectivity index (χ1v) is 6.86. The van der Waals surface area contributed by atoms with Crippen LogP contribution in [-0.4, -0.2) is 31.0 Å². The van der Waals surface area contributed by atoms with Gasteiger partial charge in [0, 0.05) is 31.3 Å². The van der Waals surface area contributed by atoms with Crippen LogP contribution in [0, 0.1) is 0 Å². The summed E-state index contributed by atoms with van der Waals surface area (Å²) in [6.45, 7) is 10.1. The van der Waals surface area contributed by atoms with Gasteiger partial charge < -0.3 is 14.8 Å². The predicted octanol–water partition coefficient (Wildman–Crippen LogP) is 2.37. The van der Waals surface area contributed by atoms with Crippen LogP contribution < -0.4 is 5.32 Å². The Labute approximate surface area is 107 Å². The first-order chi connectivity index (χ1) is 8.10. The summed E-state index contributed by atoms with van der Waals surface area (Å²) in [5.74, 6) is 0. The van der Waals surface area contributed by atoms with Crippen molar-refractivity contribution >= 4 is 11.3 Å². The molecule has 0 amide bonds. The number of aromatic nitrogens is 1. The number of hydrogen-bond donors (Lipinski definition) is 1. The Hall–Kier alpha value is -0.490. The van der Waals surface area contributed by atoms with Gasteiger partial charge in [-0.05, 0) is 27.7 Å². The summed E-state index contributed by atoms with van der Waals surface area (Å²) in [5, 5.41) is 6.49. The zero-order valence-corrected chi connectivity index (χ0v) is 11.8. The van der Waals surface area contributed by atoms with Crippen LogP contribution in [0.4, 0.5) is 0 Å². The fraction of sp³-hybridized carbons (Fsp3) is 0.750. The van der Waals surface area contributed by atoms with Crippen LogP contribution in [0.15, 0.2) is 11.6 Å². The monoisotopic (exact) mass is 258 g/mol. The van der Waals surface area contributed by atoms with Gasteiger partial charge in [-0.15, -0.1) is 11.3 Å². The molecule has 0 unspecified atom stereocenters. The molecular weight excluding hydrogens is 236 g/mol. The standard InChI is InChI=1S/C12H22N2O2S/c1-5-15-10(16-6-2)9-14-12(3,4)11-13-7-8-17-11/h7-8,10,14H,5-6,9H2,1-4H3. The molecule has 0 aliphatic rings. The SMILES string of the molecule is CCOC(CNC(C)(C)c1nccs1)OCC. The van der Waals surface area contributed by atoms with Crippen molar-refractivity contribution in [3.05, 3.63) is 16.6 Å². The molecule has 0 aliphatic carbocycles. The maximum Gasteiger partial charge on any atom is 0.169 e. The van der Waals surface area contributed by atoms with E-state index in [0.717, 1.165) is 5.01 Å². The second kappa shape index (κ2) is 7.06. The van der Waals surface area contributed by atoms with Gasteiger partial charge in [0.1, 0.15) is 5.01 Å². The van der Waals surface area contributed by atoms with Crippen molar-refractivity contribution in [1.82, 2.24) is 10.3 Å². The molecule has 0 radical (unpaired) electrons. The minimum absolute atomic E-state index is 0.152. The van der Waals surface area contributed by atoms with Crippen molar-refractivity contribution in [2.45, 2.75) is 39.5 Å². The smallest absolute Gasteiger partial charge is 0.169 e. The van der Waals surface area contributed by atoms with E-state index in [1.54, 1.807) is 11.3 Å². The van der Waals surface area contributed by atoms with Crippen molar-refractivity contribution in [1.29, 1.82) is 0 Å². The molecule has 0 spiro atoms. The molecule has 1 heterocycles. The van der Waals surface area contributed by atoms with E-state index in [1.165, 1.54) is 0 Å². The van der Waals surface area contributed by atoms with E-state index in [2.05, 4.69) is 24.1 Å². The third kappa shape index (κ3) is 4.71. The van der Waals surface area contributed by atoms with Gasteiger partial charge in [-0.25, -0.2) is 4.98 Å². The Balaban J connectivity index is 2.47. The number of ether oxygens (including phenoxy) is 2. The lowest BCUT2D eigenvalue weighted by Crippen LogP contribution is -2.42. The quantitative estimate of drug-likeness (QED) is 0.727. The minimum atomic E-state index is -0.191. The van der Waals surface area contributed by atoms with E-state index in [4.69, 9.17) is 9.47 Å². The molecule has 0 fully saturated rings. The molecular formula is C12H22N2O2S. The van der Waals surface area contributed by atoms with Crippen LogP contribution in [0.5, 0.6) is 0 Å². The Morgan fingerprint density at radius 1 is 1.35 bits per heavy atom. The normalized spacial score (nSPS) is 12.3. The first kappa shape index (κ1) is 14.6. The zero-order chi connectivity index (χ0) is 12.7. The summed E-state index contributed by atoms with van der Waals surface area (Å²) in [4.78, 5) is 4.33. The maximum absolute atomic E-state index is 5.49. The highest BCUT2D eigenvalue weighted by atomic mass is 32.1.